The summed E-state index contributed by atoms with van der Waals surface area (Å²) in [7, 11) is 2.06. The van der Waals surface area contributed by atoms with Gasteiger partial charge in [-0.2, -0.15) is 0 Å². The molecule has 1 spiro atoms. The molecular weight excluding hydrogens is 350 g/mol. The predicted molar refractivity (Wildman–Crippen MR) is 90.8 cm³/mol. The standard InChI is InChI=1S/C17H23BrClNO/c1-20-16(14-5-4-13(19)10-15(14)18)12-6-9-21-17(11-12)7-2-3-8-17/h4-5,10,12,16,20H,2-3,6-9,11H2,1H3. The molecule has 1 aromatic carbocycles. The molecule has 21 heavy (non-hydrogen) atoms. The average Bonchev–Trinajstić information content (AvgIpc) is 2.90. The maximum atomic E-state index is 6.18. The zero-order valence-corrected chi connectivity index (χ0v) is 14.8. The van der Waals surface area contributed by atoms with Gasteiger partial charge in [-0.1, -0.05) is 46.4 Å². The van der Waals surface area contributed by atoms with E-state index in [9.17, 15) is 0 Å². The Balaban J connectivity index is 1.82. The normalized spacial score (nSPS) is 26.1. The van der Waals surface area contributed by atoms with Crippen LogP contribution >= 0.6 is 27.5 Å². The molecular formula is C17H23BrClNO. The van der Waals surface area contributed by atoms with Crippen LogP contribution < -0.4 is 5.32 Å². The zero-order chi connectivity index (χ0) is 14.9. The summed E-state index contributed by atoms with van der Waals surface area (Å²) < 4.78 is 7.27. The van der Waals surface area contributed by atoms with E-state index >= 15 is 0 Å². The van der Waals surface area contributed by atoms with Crippen molar-refractivity contribution in [3.8, 4) is 0 Å². The van der Waals surface area contributed by atoms with Gasteiger partial charge < -0.3 is 10.1 Å². The highest BCUT2D eigenvalue weighted by Gasteiger charge is 2.42. The Hall–Kier alpha value is -0.0900. The Morgan fingerprint density at radius 3 is 2.81 bits per heavy atom. The maximum Gasteiger partial charge on any atom is 0.0686 e. The molecule has 1 heterocycles. The van der Waals surface area contributed by atoms with Crippen molar-refractivity contribution in [3.63, 3.8) is 0 Å². The minimum Gasteiger partial charge on any atom is -0.375 e. The third-order valence-corrected chi connectivity index (χ3v) is 6.05. The first-order valence-electron chi connectivity index (χ1n) is 7.90. The van der Waals surface area contributed by atoms with Crippen LogP contribution in [0.2, 0.25) is 5.02 Å². The Kier molecular flexibility index (Phi) is 4.94. The highest BCUT2D eigenvalue weighted by atomic mass is 79.9. The third kappa shape index (κ3) is 3.31. The largest absolute Gasteiger partial charge is 0.375 e. The van der Waals surface area contributed by atoms with Crippen LogP contribution in [0.25, 0.3) is 0 Å². The van der Waals surface area contributed by atoms with Gasteiger partial charge in [0.05, 0.1) is 5.60 Å². The molecule has 2 atom stereocenters. The smallest absolute Gasteiger partial charge is 0.0686 e. The van der Waals surface area contributed by atoms with Gasteiger partial charge in [0.2, 0.25) is 0 Å². The molecule has 2 nitrogen and oxygen atoms in total. The molecule has 4 heteroatoms. The monoisotopic (exact) mass is 371 g/mol. The van der Waals surface area contributed by atoms with Crippen LogP contribution in [0.1, 0.15) is 50.1 Å². The highest BCUT2D eigenvalue weighted by molar-refractivity contribution is 9.10. The number of rotatable bonds is 3. The molecule has 0 aromatic heterocycles. The van der Waals surface area contributed by atoms with Gasteiger partial charge in [0, 0.05) is 22.1 Å². The van der Waals surface area contributed by atoms with E-state index in [1.54, 1.807) is 0 Å². The van der Waals surface area contributed by atoms with Crippen LogP contribution in [0, 0.1) is 5.92 Å². The summed E-state index contributed by atoms with van der Waals surface area (Å²) in [6.07, 6.45) is 7.42. The lowest BCUT2D eigenvalue weighted by Crippen LogP contribution is -2.41. The lowest BCUT2D eigenvalue weighted by Gasteiger charge is -2.41. The fraction of sp³-hybridized carbons (Fsp3) is 0.647. The van der Waals surface area contributed by atoms with Crippen molar-refractivity contribution in [1.82, 2.24) is 5.32 Å². The van der Waals surface area contributed by atoms with Gasteiger partial charge in [0.1, 0.15) is 0 Å². The Morgan fingerprint density at radius 1 is 1.38 bits per heavy atom. The summed E-state index contributed by atoms with van der Waals surface area (Å²) in [6.45, 7) is 0.897. The number of benzene rings is 1. The van der Waals surface area contributed by atoms with E-state index in [4.69, 9.17) is 16.3 Å². The molecule has 2 unspecified atom stereocenters. The summed E-state index contributed by atoms with van der Waals surface area (Å²) >= 11 is 9.75. The van der Waals surface area contributed by atoms with Crippen LogP contribution in [0.3, 0.4) is 0 Å². The van der Waals surface area contributed by atoms with E-state index < -0.39 is 0 Å². The number of hydrogen-bond acceptors (Lipinski definition) is 2. The quantitative estimate of drug-likeness (QED) is 0.796. The SMILES string of the molecule is CNC(c1ccc(Cl)cc1Br)C1CCOC2(CCCC2)C1. The van der Waals surface area contributed by atoms with Gasteiger partial charge in [0.15, 0.2) is 0 Å². The Labute approximate surface area is 140 Å². The first-order valence-corrected chi connectivity index (χ1v) is 9.07. The first-order chi connectivity index (χ1) is 10.1. The van der Waals surface area contributed by atoms with Gasteiger partial charge in [-0.3, -0.25) is 0 Å². The highest BCUT2D eigenvalue weighted by Crippen LogP contribution is 2.46. The second-order valence-corrected chi connectivity index (χ2v) is 7.71. The molecule has 1 saturated carbocycles. The molecule has 1 aromatic rings. The molecule has 0 bridgehead atoms. The van der Waals surface area contributed by atoms with Gasteiger partial charge in [-0.05, 0) is 56.3 Å². The molecule has 2 fully saturated rings. The van der Waals surface area contributed by atoms with Crippen molar-refractivity contribution >= 4 is 27.5 Å². The molecule has 116 valence electrons. The second-order valence-electron chi connectivity index (χ2n) is 6.42. The van der Waals surface area contributed by atoms with E-state index in [2.05, 4.69) is 34.4 Å². The number of hydrogen-bond donors (Lipinski definition) is 1. The summed E-state index contributed by atoms with van der Waals surface area (Å²) in [5, 5.41) is 4.30. The summed E-state index contributed by atoms with van der Waals surface area (Å²) in [6, 6.07) is 6.48. The zero-order valence-electron chi connectivity index (χ0n) is 12.5. The minimum atomic E-state index is 0.164. The molecule has 2 aliphatic rings. The fourth-order valence-electron chi connectivity index (χ4n) is 4.12. The molecule has 0 radical (unpaired) electrons. The van der Waals surface area contributed by atoms with E-state index in [1.165, 1.54) is 37.7 Å². The van der Waals surface area contributed by atoms with Gasteiger partial charge in [-0.25, -0.2) is 0 Å². The van der Waals surface area contributed by atoms with Crippen LogP contribution in [-0.2, 0) is 4.74 Å². The molecule has 1 saturated heterocycles. The van der Waals surface area contributed by atoms with Gasteiger partial charge >= 0.3 is 0 Å². The predicted octanol–water partition coefficient (Wildman–Crippen LogP) is 5.10. The van der Waals surface area contributed by atoms with Crippen LogP contribution in [-0.4, -0.2) is 19.3 Å². The summed E-state index contributed by atoms with van der Waals surface area (Å²) in [5.74, 6) is 0.624. The van der Waals surface area contributed by atoms with Crippen molar-refractivity contribution in [2.75, 3.05) is 13.7 Å². The lowest BCUT2D eigenvalue weighted by molar-refractivity contribution is -0.0979. The molecule has 1 aliphatic heterocycles. The number of halogens is 2. The maximum absolute atomic E-state index is 6.18. The minimum absolute atomic E-state index is 0.164. The van der Waals surface area contributed by atoms with Crippen molar-refractivity contribution in [1.29, 1.82) is 0 Å². The van der Waals surface area contributed by atoms with Gasteiger partial charge in [0.25, 0.3) is 0 Å². The van der Waals surface area contributed by atoms with Crippen LogP contribution in [0.5, 0.6) is 0 Å². The van der Waals surface area contributed by atoms with Crippen LogP contribution in [0.4, 0.5) is 0 Å². The van der Waals surface area contributed by atoms with E-state index in [0.29, 0.717) is 12.0 Å². The molecule has 3 rings (SSSR count). The van der Waals surface area contributed by atoms with Crippen molar-refractivity contribution in [3.05, 3.63) is 33.3 Å². The average molecular weight is 373 g/mol. The number of ether oxygens (including phenoxy) is 1. The molecule has 1 aliphatic carbocycles. The van der Waals surface area contributed by atoms with Crippen molar-refractivity contribution in [2.24, 2.45) is 5.92 Å². The fourth-order valence-corrected chi connectivity index (χ4v) is 5.05. The van der Waals surface area contributed by atoms with Crippen LogP contribution in [0.15, 0.2) is 22.7 Å². The second kappa shape index (κ2) is 6.57. The Morgan fingerprint density at radius 2 is 2.14 bits per heavy atom. The molecule has 0 amide bonds. The molecule has 1 N–H and O–H groups in total. The number of nitrogens with one attached hydrogen (secondary N) is 1. The van der Waals surface area contributed by atoms with Crippen molar-refractivity contribution in [2.45, 2.75) is 50.2 Å². The van der Waals surface area contributed by atoms with Gasteiger partial charge in [-0.15, -0.1) is 0 Å². The van der Waals surface area contributed by atoms with E-state index in [-0.39, 0.29) is 5.60 Å². The Bertz CT molecular complexity index is 502. The summed E-state index contributed by atoms with van der Waals surface area (Å²) in [4.78, 5) is 0. The first kappa shape index (κ1) is 15.8. The topological polar surface area (TPSA) is 21.3 Å². The summed E-state index contributed by atoms with van der Waals surface area (Å²) in [5.41, 5.74) is 1.47. The van der Waals surface area contributed by atoms with E-state index in [1.807, 2.05) is 12.1 Å². The lowest BCUT2D eigenvalue weighted by atomic mass is 9.78. The third-order valence-electron chi connectivity index (χ3n) is 5.13. The van der Waals surface area contributed by atoms with E-state index in [0.717, 1.165) is 22.5 Å². The van der Waals surface area contributed by atoms with Crippen molar-refractivity contribution < 1.29 is 4.74 Å².